The molecule has 0 aromatic rings. The highest BCUT2D eigenvalue weighted by atomic mass is 14.9. The van der Waals surface area contributed by atoms with Crippen LogP contribution in [0, 0.1) is 17.3 Å². The second kappa shape index (κ2) is 8.16. The van der Waals surface area contributed by atoms with Gasteiger partial charge in [-0.25, -0.2) is 0 Å². The fraction of sp³-hybridized carbons (Fsp3) is 1.00. The lowest BCUT2D eigenvalue weighted by Gasteiger charge is -2.37. The van der Waals surface area contributed by atoms with Crippen LogP contribution in [0.5, 0.6) is 0 Å². The van der Waals surface area contributed by atoms with Crippen LogP contribution in [0.3, 0.4) is 0 Å². The summed E-state index contributed by atoms with van der Waals surface area (Å²) in [4.78, 5) is 0. The van der Waals surface area contributed by atoms with Gasteiger partial charge in [0.25, 0.3) is 0 Å². The Morgan fingerprint density at radius 3 is 2.33 bits per heavy atom. The van der Waals surface area contributed by atoms with E-state index in [0.717, 1.165) is 24.9 Å². The molecule has 0 spiro atoms. The van der Waals surface area contributed by atoms with E-state index in [-0.39, 0.29) is 0 Å². The van der Waals surface area contributed by atoms with Crippen molar-refractivity contribution in [2.75, 3.05) is 26.7 Å². The monoisotopic (exact) mass is 254 g/mol. The van der Waals surface area contributed by atoms with Crippen molar-refractivity contribution in [2.45, 2.75) is 59.3 Å². The molecule has 2 heteroatoms. The Morgan fingerprint density at radius 2 is 1.78 bits per heavy atom. The zero-order chi connectivity index (χ0) is 13.4. The first kappa shape index (κ1) is 16.0. The molecule has 1 fully saturated rings. The van der Waals surface area contributed by atoms with E-state index in [0.29, 0.717) is 5.41 Å². The lowest BCUT2D eigenvalue weighted by Crippen LogP contribution is -2.39. The van der Waals surface area contributed by atoms with Crippen LogP contribution in [0.25, 0.3) is 0 Å². The van der Waals surface area contributed by atoms with Gasteiger partial charge in [-0.05, 0) is 50.2 Å². The molecular formula is C16H34N2. The molecular weight excluding hydrogens is 220 g/mol. The van der Waals surface area contributed by atoms with Crippen molar-refractivity contribution in [1.82, 2.24) is 10.6 Å². The molecule has 0 amide bonds. The summed E-state index contributed by atoms with van der Waals surface area (Å²) in [7, 11) is 2.05. The smallest absolute Gasteiger partial charge is 0.000529 e. The molecule has 108 valence electrons. The SMILES string of the molecule is CCC(CNC)CNCC(C)(C)C1CCCCC1. The summed E-state index contributed by atoms with van der Waals surface area (Å²) in [6.45, 7) is 10.7. The molecule has 2 N–H and O–H groups in total. The van der Waals surface area contributed by atoms with Gasteiger partial charge in [-0.1, -0.05) is 46.5 Å². The van der Waals surface area contributed by atoms with Crippen LogP contribution in [0.15, 0.2) is 0 Å². The molecule has 0 bridgehead atoms. The Kier molecular flexibility index (Phi) is 7.25. The zero-order valence-corrected chi connectivity index (χ0v) is 13.0. The fourth-order valence-corrected chi connectivity index (χ4v) is 3.28. The largest absolute Gasteiger partial charge is 0.319 e. The highest BCUT2D eigenvalue weighted by Crippen LogP contribution is 2.37. The van der Waals surface area contributed by atoms with Gasteiger partial charge in [0.1, 0.15) is 0 Å². The lowest BCUT2D eigenvalue weighted by atomic mass is 9.71. The minimum absolute atomic E-state index is 0.471. The maximum absolute atomic E-state index is 3.72. The summed E-state index contributed by atoms with van der Waals surface area (Å²) in [6.07, 6.45) is 8.51. The summed E-state index contributed by atoms with van der Waals surface area (Å²) in [5.41, 5.74) is 0.471. The van der Waals surface area contributed by atoms with Crippen molar-refractivity contribution in [1.29, 1.82) is 0 Å². The Hall–Kier alpha value is -0.0800. The fourth-order valence-electron chi connectivity index (χ4n) is 3.28. The lowest BCUT2D eigenvalue weighted by molar-refractivity contribution is 0.152. The molecule has 0 aromatic carbocycles. The van der Waals surface area contributed by atoms with Crippen LogP contribution in [0.1, 0.15) is 59.3 Å². The van der Waals surface area contributed by atoms with E-state index in [1.54, 1.807) is 0 Å². The van der Waals surface area contributed by atoms with Gasteiger partial charge in [0.05, 0.1) is 0 Å². The molecule has 1 aliphatic carbocycles. The highest BCUT2D eigenvalue weighted by Gasteiger charge is 2.30. The van der Waals surface area contributed by atoms with Gasteiger partial charge >= 0.3 is 0 Å². The van der Waals surface area contributed by atoms with Gasteiger partial charge in [-0.2, -0.15) is 0 Å². The standard InChI is InChI=1S/C16H34N2/c1-5-14(11-17-4)12-18-13-16(2,3)15-9-7-6-8-10-15/h14-15,17-18H,5-13H2,1-4H3. The highest BCUT2D eigenvalue weighted by molar-refractivity contribution is 4.83. The minimum Gasteiger partial charge on any atom is -0.319 e. The van der Waals surface area contributed by atoms with Crippen molar-refractivity contribution < 1.29 is 0 Å². The Labute approximate surface area is 114 Å². The molecule has 18 heavy (non-hydrogen) atoms. The summed E-state index contributed by atoms with van der Waals surface area (Å²) in [5.74, 6) is 1.71. The predicted octanol–water partition coefficient (Wildman–Crippen LogP) is 3.43. The first-order chi connectivity index (χ1) is 8.60. The van der Waals surface area contributed by atoms with Crippen LogP contribution in [0.4, 0.5) is 0 Å². The van der Waals surface area contributed by atoms with Crippen molar-refractivity contribution in [3.63, 3.8) is 0 Å². The van der Waals surface area contributed by atoms with E-state index in [1.807, 2.05) is 0 Å². The van der Waals surface area contributed by atoms with E-state index in [9.17, 15) is 0 Å². The summed E-state index contributed by atoms with van der Waals surface area (Å²) in [6, 6.07) is 0. The molecule has 1 aliphatic rings. The van der Waals surface area contributed by atoms with Crippen molar-refractivity contribution >= 4 is 0 Å². The first-order valence-corrected chi connectivity index (χ1v) is 7.95. The zero-order valence-electron chi connectivity index (χ0n) is 13.0. The molecule has 1 saturated carbocycles. The van der Waals surface area contributed by atoms with E-state index in [4.69, 9.17) is 0 Å². The van der Waals surface area contributed by atoms with Crippen LogP contribution in [-0.4, -0.2) is 26.7 Å². The molecule has 0 heterocycles. The normalized spacial score (nSPS) is 20.0. The van der Waals surface area contributed by atoms with Crippen LogP contribution >= 0.6 is 0 Å². The van der Waals surface area contributed by atoms with Crippen LogP contribution in [-0.2, 0) is 0 Å². The Bertz CT molecular complexity index is 207. The number of rotatable bonds is 8. The summed E-state index contributed by atoms with van der Waals surface area (Å²) >= 11 is 0. The van der Waals surface area contributed by atoms with Gasteiger partial charge in [-0.3, -0.25) is 0 Å². The van der Waals surface area contributed by atoms with Gasteiger partial charge in [0.15, 0.2) is 0 Å². The average molecular weight is 254 g/mol. The van der Waals surface area contributed by atoms with Gasteiger partial charge in [0, 0.05) is 6.54 Å². The first-order valence-electron chi connectivity index (χ1n) is 7.95. The summed E-state index contributed by atoms with van der Waals surface area (Å²) < 4.78 is 0. The third-order valence-electron chi connectivity index (χ3n) is 4.79. The predicted molar refractivity (Wildman–Crippen MR) is 80.9 cm³/mol. The molecule has 0 aliphatic heterocycles. The van der Waals surface area contributed by atoms with E-state index >= 15 is 0 Å². The maximum Gasteiger partial charge on any atom is 0.000529 e. The quantitative estimate of drug-likeness (QED) is 0.693. The number of nitrogens with one attached hydrogen (secondary N) is 2. The van der Waals surface area contributed by atoms with Crippen molar-refractivity contribution in [3.05, 3.63) is 0 Å². The average Bonchev–Trinajstić information content (AvgIpc) is 2.38. The molecule has 0 saturated heterocycles. The van der Waals surface area contributed by atoms with Crippen LogP contribution in [0.2, 0.25) is 0 Å². The minimum atomic E-state index is 0.471. The third-order valence-corrected chi connectivity index (χ3v) is 4.79. The van der Waals surface area contributed by atoms with Crippen molar-refractivity contribution in [3.8, 4) is 0 Å². The molecule has 2 nitrogen and oxygen atoms in total. The van der Waals surface area contributed by atoms with Gasteiger partial charge < -0.3 is 10.6 Å². The second-order valence-corrected chi connectivity index (χ2v) is 6.79. The molecule has 0 aromatic heterocycles. The molecule has 1 atom stereocenters. The van der Waals surface area contributed by atoms with Crippen LogP contribution < -0.4 is 10.6 Å². The third kappa shape index (κ3) is 5.27. The number of hydrogen-bond acceptors (Lipinski definition) is 2. The van der Waals surface area contributed by atoms with E-state index in [1.165, 1.54) is 45.1 Å². The van der Waals surface area contributed by atoms with E-state index < -0.39 is 0 Å². The van der Waals surface area contributed by atoms with Gasteiger partial charge in [-0.15, -0.1) is 0 Å². The Morgan fingerprint density at radius 1 is 1.11 bits per heavy atom. The topological polar surface area (TPSA) is 24.1 Å². The van der Waals surface area contributed by atoms with Crippen molar-refractivity contribution in [2.24, 2.45) is 17.3 Å². The summed E-state index contributed by atoms with van der Waals surface area (Å²) in [5, 5.41) is 7.01. The maximum atomic E-state index is 3.72. The van der Waals surface area contributed by atoms with Gasteiger partial charge in [0.2, 0.25) is 0 Å². The second-order valence-electron chi connectivity index (χ2n) is 6.79. The molecule has 1 unspecified atom stereocenters. The molecule has 0 radical (unpaired) electrons. The Balaban J connectivity index is 2.27. The molecule has 1 rings (SSSR count). The van der Waals surface area contributed by atoms with E-state index in [2.05, 4.69) is 38.5 Å². The number of hydrogen-bond donors (Lipinski definition) is 2.